The maximum atomic E-state index is 12.8. The smallest absolute Gasteiger partial charge is 0.226 e. The third-order valence-electron chi connectivity index (χ3n) is 5.86. The van der Waals surface area contributed by atoms with Gasteiger partial charge < -0.3 is 10.1 Å². The van der Waals surface area contributed by atoms with Gasteiger partial charge in [-0.15, -0.1) is 0 Å². The zero-order valence-corrected chi connectivity index (χ0v) is 15.4. The van der Waals surface area contributed by atoms with E-state index in [2.05, 4.69) is 28.2 Å². The molecule has 4 rings (SSSR count). The van der Waals surface area contributed by atoms with Gasteiger partial charge in [0.25, 0.3) is 0 Å². The number of amides is 1. The molecular weight excluding hydrogens is 342 g/mol. The van der Waals surface area contributed by atoms with Gasteiger partial charge in [0.05, 0.1) is 5.41 Å². The number of hydrogen-bond acceptors (Lipinski definition) is 2. The Morgan fingerprint density at radius 3 is 2.50 bits per heavy atom. The highest BCUT2D eigenvalue weighted by atomic mass is 79.9. The first-order valence-electron chi connectivity index (χ1n) is 9.10. The van der Waals surface area contributed by atoms with E-state index >= 15 is 0 Å². The molecule has 0 aliphatic heterocycles. The van der Waals surface area contributed by atoms with Gasteiger partial charge in [0.2, 0.25) is 5.91 Å². The predicted molar refractivity (Wildman–Crippen MR) is 92.1 cm³/mol. The average Bonchev–Trinajstić information content (AvgIpc) is 2.43. The van der Waals surface area contributed by atoms with Crippen LogP contribution in [0.2, 0.25) is 0 Å². The molecule has 2 unspecified atom stereocenters. The summed E-state index contributed by atoms with van der Waals surface area (Å²) in [4.78, 5) is 12.8. The number of carbonyl (C=O) groups is 1. The van der Waals surface area contributed by atoms with Crippen LogP contribution in [-0.2, 0) is 9.53 Å². The van der Waals surface area contributed by atoms with Crippen molar-refractivity contribution in [1.82, 2.24) is 5.32 Å². The molecule has 2 atom stereocenters. The standard InChI is InChI=1S/C18H30BrNO2/c1-2-3-6-22-7-4-5-20-16(21)17-9-14-8-15(10-17)12-18(19,11-14)13-17/h14-15H,2-13H2,1H3,(H,20,21). The number of unbranched alkanes of at least 4 members (excludes halogenated alkanes) is 1. The van der Waals surface area contributed by atoms with E-state index in [1.54, 1.807) is 0 Å². The number of nitrogens with one attached hydrogen (secondary N) is 1. The average molecular weight is 372 g/mol. The van der Waals surface area contributed by atoms with E-state index in [0.717, 1.165) is 63.7 Å². The molecule has 22 heavy (non-hydrogen) atoms. The first-order chi connectivity index (χ1) is 10.6. The Labute approximate surface area is 143 Å². The van der Waals surface area contributed by atoms with Crippen molar-refractivity contribution in [3.8, 4) is 0 Å². The van der Waals surface area contributed by atoms with Gasteiger partial charge in [-0.25, -0.2) is 0 Å². The topological polar surface area (TPSA) is 38.3 Å². The molecule has 0 radical (unpaired) electrons. The van der Waals surface area contributed by atoms with Crippen LogP contribution in [0.4, 0.5) is 0 Å². The van der Waals surface area contributed by atoms with Crippen LogP contribution in [-0.4, -0.2) is 30.0 Å². The maximum absolute atomic E-state index is 12.8. The lowest BCUT2D eigenvalue weighted by Crippen LogP contribution is -2.58. The molecule has 0 aromatic rings. The highest BCUT2D eigenvalue weighted by Gasteiger charge is 2.59. The normalized spacial score (nSPS) is 39.2. The van der Waals surface area contributed by atoms with Crippen molar-refractivity contribution >= 4 is 21.8 Å². The summed E-state index contributed by atoms with van der Waals surface area (Å²) in [7, 11) is 0. The fourth-order valence-electron chi connectivity index (χ4n) is 5.33. The van der Waals surface area contributed by atoms with Gasteiger partial charge in [-0.05, 0) is 63.2 Å². The number of ether oxygens (including phenoxy) is 1. The number of carbonyl (C=O) groups excluding carboxylic acids is 1. The van der Waals surface area contributed by atoms with Crippen molar-refractivity contribution in [1.29, 1.82) is 0 Å². The molecule has 1 amide bonds. The van der Waals surface area contributed by atoms with E-state index in [-0.39, 0.29) is 9.74 Å². The molecule has 0 heterocycles. The van der Waals surface area contributed by atoms with Crippen molar-refractivity contribution in [2.24, 2.45) is 17.3 Å². The van der Waals surface area contributed by atoms with Crippen LogP contribution in [0.15, 0.2) is 0 Å². The van der Waals surface area contributed by atoms with Crippen LogP contribution in [0.5, 0.6) is 0 Å². The minimum atomic E-state index is -0.0728. The van der Waals surface area contributed by atoms with Gasteiger partial charge in [0, 0.05) is 24.1 Å². The third kappa shape index (κ3) is 3.53. The zero-order valence-electron chi connectivity index (χ0n) is 13.8. The van der Waals surface area contributed by atoms with Crippen molar-refractivity contribution in [2.45, 2.75) is 69.0 Å². The van der Waals surface area contributed by atoms with Gasteiger partial charge in [0.1, 0.15) is 0 Å². The monoisotopic (exact) mass is 371 g/mol. The molecule has 0 aromatic heterocycles. The summed E-state index contributed by atoms with van der Waals surface area (Å²) in [6.07, 6.45) is 10.4. The molecular formula is C18H30BrNO2. The molecule has 4 bridgehead atoms. The second kappa shape index (κ2) is 6.80. The second-order valence-electron chi connectivity index (χ2n) is 7.97. The van der Waals surface area contributed by atoms with Crippen molar-refractivity contribution < 1.29 is 9.53 Å². The zero-order chi connectivity index (χ0) is 15.6. The lowest BCUT2D eigenvalue weighted by Gasteiger charge is -2.59. The number of alkyl halides is 1. The van der Waals surface area contributed by atoms with E-state index < -0.39 is 0 Å². The first-order valence-corrected chi connectivity index (χ1v) is 9.89. The van der Waals surface area contributed by atoms with E-state index in [1.807, 2.05) is 0 Å². The van der Waals surface area contributed by atoms with Crippen LogP contribution < -0.4 is 5.32 Å². The van der Waals surface area contributed by atoms with E-state index in [0.29, 0.717) is 5.91 Å². The maximum Gasteiger partial charge on any atom is 0.226 e. The summed E-state index contributed by atoms with van der Waals surface area (Å²) in [6, 6.07) is 0. The minimum Gasteiger partial charge on any atom is -0.381 e. The molecule has 3 nitrogen and oxygen atoms in total. The Balaban J connectivity index is 1.44. The summed E-state index contributed by atoms with van der Waals surface area (Å²) in [5.74, 6) is 1.85. The Bertz CT molecular complexity index is 398. The fraction of sp³-hybridized carbons (Fsp3) is 0.944. The Morgan fingerprint density at radius 2 is 1.86 bits per heavy atom. The van der Waals surface area contributed by atoms with E-state index in [4.69, 9.17) is 4.74 Å². The first kappa shape index (κ1) is 16.8. The summed E-state index contributed by atoms with van der Waals surface area (Å²) in [6.45, 7) is 4.55. The van der Waals surface area contributed by atoms with Crippen LogP contribution >= 0.6 is 15.9 Å². The molecule has 4 heteroatoms. The minimum absolute atomic E-state index is 0.0728. The molecule has 126 valence electrons. The van der Waals surface area contributed by atoms with Crippen molar-refractivity contribution in [3.05, 3.63) is 0 Å². The highest BCUT2D eigenvalue weighted by Crippen LogP contribution is 2.64. The Hall–Kier alpha value is -0.0900. The lowest BCUT2D eigenvalue weighted by atomic mass is 9.49. The van der Waals surface area contributed by atoms with Crippen LogP contribution in [0.25, 0.3) is 0 Å². The summed E-state index contributed by atoms with van der Waals surface area (Å²) < 4.78 is 5.82. The Morgan fingerprint density at radius 1 is 1.18 bits per heavy atom. The van der Waals surface area contributed by atoms with Crippen LogP contribution in [0, 0.1) is 17.3 Å². The second-order valence-corrected chi connectivity index (χ2v) is 9.65. The van der Waals surface area contributed by atoms with Crippen LogP contribution in [0.1, 0.15) is 64.7 Å². The predicted octanol–water partition coefficient (Wildman–Crippen LogP) is 4.04. The number of hydrogen-bond donors (Lipinski definition) is 1. The van der Waals surface area contributed by atoms with Gasteiger partial charge >= 0.3 is 0 Å². The summed E-state index contributed by atoms with van der Waals surface area (Å²) >= 11 is 3.98. The largest absolute Gasteiger partial charge is 0.381 e. The van der Waals surface area contributed by atoms with Crippen LogP contribution in [0.3, 0.4) is 0 Å². The number of halogens is 1. The molecule has 0 aromatic carbocycles. The highest BCUT2D eigenvalue weighted by molar-refractivity contribution is 9.10. The van der Waals surface area contributed by atoms with Gasteiger partial charge in [0.15, 0.2) is 0 Å². The van der Waals surface area contributed by atoms with Crippen molar-refractivity contribution in [3.63, 3.8) is 0 Å². The molecule has 1 N–H and O–H groups in total. The summed E-state index contributed by atoms with van der Waals surface area (Å²) in [5.41, 5.74) is -0.0728. The molecule has 4 fully saturated rings. The van der Waals surface area contributed by atoms with E-state index in [9.17, 15) is 4.79 Å². The summed E-state index contributed by atoms with van der Waals surface area (Å²) in [5, 5.41) is 3.21. The lowest BCUT2D eigenvalue weighted by molar-refractivity contribution is -0.144. The van der Waals surface area contributed by atoms with E-state index in [1.165, 1.54) is 25.7 Å². The molecule has 4 saturated carbocycles. The fourth-order valence-corrected chi connectivity index (χ4v) is 6.78. The van der Waals surface area contributed by atoms with Gasteiger partial charge in [-0.1, -0.05) is 29.3 Å². The number of rotatable bonds is 8. The SMILES string of the molecule is CCCCOCCCNC(=O)C12CC3CC(CC(Br)(C3)C1)C2. The molecule has 4 aliphatic carbocycles. The molecule has 0 saturated heterocycles. The molecule has 0 spiro atoms. The van der Waals surface area contributed by atoms with Gasteiger partial charge in [-0.3, -0.25) is 4.79 Å². The Kier molecular flexibility index (Phi) is 5.18. The van der Waals surface area contributed by atoms with Gasteiger partial charge in [-0.2, -0.15) is 0 Å². The molecule has 4 aliphatic rings. The quantitative estimate of drug-likeness (QED) is 0.516. The van der Waals surface area contributed by atoms with Crippen molar-refractivity contribution in [2.75, 3.05) is 19.8 Å². The third-order valence-corrected chi connectivity index (χ3v) is 6.79.